The molecular weight excluding hydrogens is 272 g/mol. The van der Waals surface area contributed by atoms with E-state index in [4.69, 9.17) is 13.6 Å². The highest BCUT2D eigenvalue weighted by Gasteiger charge is 2.19. The Kier molecular flexibility index (Phi) is 12.9. The van der Waals surface area contributed by atoms with Gasteiger partial charge in [0, 0.05) is 24.8 Å². The van der Waals surface area contributed by atoms with Crippen molar-refractivity contribution in [3.63, 3.8) is 0 Å². The van der Waals surface area contributed by atoms with Crippen molar-refractivity contribution >= 4 is 15.3 Å². The normalized spacial score (nSPS) is 10.8. The van der Waals surface area contributed by atoms with Gasteiger partial charge >= 0.3 is 15.3 Å². The molecule has 0 spiro atoms. The summed E-state index contributed by atoms with van der Waals surface area (Å²) in [5, 5.41) is 0. The van der Waals surface area contributed by atoms with E-state index in [0.717, 1.165) is 32.1 Å². The third-order valence-corrected chi connectivity index (χ3v) is 4.78. The Hall–Kier alpha value is -0.653. The zero-order chi connectivity index (χ0) is 15.2. The minimum atomic E-state index is -1.85. The fourth-order valence-electron chi connectivity index (χ4n) is 1.47. The average molecular weight is 302 g/mol. The standard InChI is InChI=1S/C15H30O4Si/c1-5-8-11-18-20(19-12-9-6-2)13-14(4)15(16)17-10-7-3/h20H,4-13H2,1-3H3. The van der Waals surface area contributed by atoms with Crippen LogP contribution >= 0.6 is 0 Å². The topological polar surface area (TPSA) is 44.8 Å². The number of esters is 1. The minimum Gasteiger partial charge on any atom is -0.462 e. The van der Waals surface area contributed by atoms with Crippen molar-refractivity contribution in [3.05, 3.63) is 12.2 Å². The maximum atomic E-state index is 11.7. The van der Waals surface area contributed by atoms with E-state index in [1.165, 1.54) is 0 Å². The summed E-state index contributed by atoms with van der Waals surface area (Å²) < 4.78 is 16.7. The van der Waals surface area contributed by atoms with Crippen molar-refractivity contribution in [1.29, 1.82) is 0 Å². The zero-order valence-corrected chi connectivity index (χ0v) is 14.4. The SMILES string of the molecule is C=C(C[SiH](OCCCC)OCCCC)C(=O)OCCC. The highest BCUT2D eigenvalue weighted by molar-refractivity contribution is 6.46. The van der Waals surface area contributed by atoms with Crippen LogP contribution < -0.4 is 0 Å². The minimum absolute atomic E-state index is 0.317. The third-order valence-electron chi connectivity index (χ3n) is 2.74. The van der Waals surface area contributed by atoms with E-state index >= 15 is 0 Å². The molecule has 118 valence electrons. The first-order valence-electron chi connectivity index (χ1n) is 7.73. The van der Waals surface area contributed by atoms with Gasteiger partial charge < -0.3 is 13.6 Å². The van der Waals surface area contributed by atoms with Gasteiger partial charge in [0.05, 0.1) is 6.61 Å². The summed E-state index contributed by atoms with van der Waals surface area (Å²) in [6, 6.07) is 0.510. The van der Waals surface area contributed by atoms with E-state index in [2.05, 4.69) is 20.4 Å². The molecule has 0 aromatic carbocycles. The van der Waals surface area contributed by atoms with Gasteiger partial charge in [-0.1, -0.05) is 40.2 Å². The number of carbonyl (C=O) groups excluding carboxylic acids is 1. The molecule has 0 unspecified atom stereocenters. The van der Waals surface area contributed by atoms with Crippen LogP contribution in [0.4, 0.5) is 0 Å². The van der Waals surface area contributed by atoms with Crippen LogP contribution in [0.3, 0.4) is 0 Å². The fourth-order valence-corrected chi connectivity index (χ4v) is 3.23. The van der Waals surface area contributed by atoms with Gasteiger partial charge in [-0.05, 0) is 19.3 Å². The molecule has 0 aliphatic heterocycles. The van der Waals surface area contributed by atoms with Gasteiger partial charge in [-0.2, -0.15) is 0 Å². The van der Waals surface area contributed by atoms with Gasteiger partial charge in [0.1, 0.15) is 0 Å². The molecule has 0 aromatic rings. The summed E-state index contributed by atoms with van der Waals surface area (Å²) in [6.07, 6.45) is 5.05. The van der Waals surface area contributed by atoms with Crippen LogP contribution in [0.1, 0.15) is 52.9 Å². The summed E-state index contributed by atoms with van der Waals surface area (Å²) in [6.45, 7) is 11.9. The molecule has 0 aliphatic carbocycles. The quantitative estimate of drug-likeness (QED) is 0.226. The molecule has 0 saturated heterocycles. The Labute approximate surface area is 125 Å². The Morgan fingerprint density at radius 3 is 1.95 bits per heavy atom. The largest absolute Gasteiger partial charge is 0.462 e. The molecule has 0 radical (unpaired) electrons. The first kappa shape index (κ1) is 19.3. The molecule has 0 bridgehead atoms. The number of unbranched alkanes of at least 4 members (excludes halogenated alkanes) is 2. The van der Waals surface area contributed by atoms with E-state index in [9.17, 15) is 4.79 Å². The van der Waals surface area contributed by atoms with Gasteiger partial charge in [0.25, 0.3) is 0 Å². The smallest absolute Gasteiger partial charge is 0.333 e. The molecule has 4 nitrogen and oxygen atoms in total. The molecule has 0 rings (SSSR count). The lowest BCUT2D eigenvalue weighted by atomic mass is 10.3. The lowest BCUT2D eigenvalue weighted by Gasteiger charge is -2.17. The van der Waals surface area contributed by atoms with E-state index in [1.807, 2.05) is 6.92 Å². The number of rotatable bonds is 13. The van der Waals surface area contributed by atoms with E-state index in [1.54, 1.807) is 0 Å². The van der Waals surface area contributed by atoms with Crippen molar-refractivity contribution < 1.29 is 18.4 Å². The number of carbonyl (C=O) groups is 1. The lowest BCUT2D eigenvalue weighted by Crippen LogP contribution is -2.26. The second-order valence-electron chi connectivity index (χ2n) is 4.82. The molecular formula is C15H30O4Si. The van der Waals surface area contributed by atoms with Crippen molar-refractivity contribution in [3.8, 4) is 0 Å². The molecule has 0 N–H and O–H groups in total. The van der Waals surface area contributed by atoms with Gasteiger partial charge in [-0.15, -0.1) is 0 Å². The lowest BCUT2D eigenvalue weighted by molar-refractivity contribution is -0.139. The van der Waals surface area contributed by atoms with E-state index in [0.29, 0.717) is 31.4 Å². The summed E-state index contributed by atoms with van der Waals surface area (Å²) >= 11 is 0. The van der Waals surface area contributed by atoms with Gasteiger partial charge in [0.2, 0.25) is 0 Å². The molecule has 0 amide bonds. The molecule has 0 saturated carbocycles. The molecule has 0 fully saturated rings. The number of hydrogen-bond acceptors (Lipinski definition) is 4. The predicted molar refractivity (Wildman–Crippen MR) is 84.1 cm³/mol. The Balaban J connectivity index is 4.15. The first-order chi connectivity index (χ1) is 9.65. The van der Waals surface area contributed by atoms with Gasteiger partial charge in [-0.3, -0.25) is 0 Å². The van der Waals surface area contributed by atoms with Gasteiger partial charge in [0.15, 0.2) is 0 Å². The highest BCUT2D eigenvalue weighted by atomic mass is 28.3. The van der Waals surface area contributed by atoms with Crippen LogP contribution in [0.5, 0.6) is 0 Å². The summed E-state index contributed by atoms with van der Waals surface area (Å²) in [5.74, 6) is -0.317. The Bertz CT molecular complexity index is 259. The van der Waals surface area contributed by atoms with Crippen molar-refractivity contribution in [1.82, 2.24) is 0 Å². The van der Waals surface area contributed by atoms with E-state index < -0.39 is 9.28 Å². The summed E-state index contributed by atoms with van der Waals surface area (Å²) in [4.78, 5) is 11.7. The van der Waals surface area contributed by atoms with Crippen LogP contribution in [-0.2, 0) is 18.4 Å². The molecule has 20 heavy (non-hydrogen) atoms. The van der Waals surface area contributed by atoms with Crippen LogP contribution in [0.25, 0.3) is 0 Å². The summed E-state index contributed by atoms with van der Waals surface area (Å²) in [7, 11) is -1.85. The van der Waals surface area contributed by atoms with Crippen molar-refractivity contribution in [2.45, 2.75) is 58.9 Å². The van der Waals surface area contributed by atoms with Crippen LogP contribution in [0.2, 0.25) is 6.04 Å². The Morgan fingerprint density at radius 1 is 0.950 bits per heavy atom. The van der Waals surface area contributed by atoms with E-state index in [-0.39, 0.29) is 5.97 Å². The highest BCUT2D eigenvalue weighted by Crippen LogP contribution is 2.10. The predicted octanol–water partition coefficient (Wildman–Crippen LogP) is 3.35. The van der Waals surface area contributed by atoms with Crippen LogP contribution in [0, 0.1) is 0 Å². The molecule has 0 atom stereocenters. The third kappa shape index (κ3) is 10.2. The van der Waals surface area contributed by atoms with Crippen molar-refractivity contribution in [2.75, 3.05) is 19.8 Å². The average Bonchev–Trinajstić information content (AvgIpc) is 2.44. The molecule has 0 aromatic heterocycles. The van der Waals surface area contributed by atoms with Crippen LogP contribution in [0.15, 0.2) is 12.2 Å². The van der Waals surface area contributed by atoms with Crippen LogP contribution in [-0.4, -0.2) is 35.1 Å². The number of ether oxygens (including phenoxy) is 1. The molecule has 0 heterocycles. The summed E-state index contributed by atoms with van der Waals surface area (Å²) in [5.41, 5.74) is 0.475. The monoisotopic (exact) mass is 302 g/mol. The fraction of sp³-hybridized carbons (Fsp3) is 0.800. The molecule has 0 aliphatic rings. The maximum Gasteiger partial charge on any atom is 0.333 e. The number of hydrogen-bond donors (Lipinski definition) is 0. The second kappa shape index (κ2) is 13.3. The maximum absolute atomic E-state index is 11.7. The zero-order valence-electron chi connectivity index (χ0n) is 13.3. The first-order valence-corrected chi connectivity index (χ1v) is 9.49. The second-order valence-corrected chi connectivity index (χ2v) is 6.76. The van der Waals surface area contributed by atoms with Crippen molar-refractivity contribution in [2.24, 2.45) is 0 Å². The van der Waals surface area contributed by atoms with Gasteiger partial charge in [-0.25, -0.2) is 4.79 Å². The molecule has 5 heteroatoms. The Morgan fingerprint density at radius 2 is 1.50 bits per heavy atom.